The number of hydrogen-bond donors (Lipinski definition) is 1. The summed E-state index contributed by atoms with van der Waals surface area (Å²) < 4.78 is 39.7. The number of nitrogens with zero attached hydrogens (tertiary/aromatic N) is 3. The maximum Gasteiger partial charge on any atom is 0.276 e. The van der Waals surface area contributed by atoms with Crippen LogP contribution >= 0.6 is 0 Å². The number of amides is 1. The summed E-state index contributed by atoms with van der Waals surface area (Å²) in [5.74, 6) is -4.56. The third-order valence-electron chi connectivity index (χ3n) is 3.48. The first-order valence-corrected chi connectivity index (χ1v) is 8.01. The van der Waals surface area contributed by atoms with Crippen LogP contribution < -0.4 is 10.2 Å². The van der Waals surface area contributed by atoms with Gasteiger partial charge in [-0.15, -0.1) is 10.2 Å². The molecular weight excluding hydrogens is 333 g/mol. The second-order valence-corrected chi connectivity index (χ2v) is 5.44. The zero-order valence-electron chi connectivity index (χ0n) is 14.0. The summed E-state index contributed by atoms with van der Waals surface area (Å²) in [7, 11) is 0. The lowest BCUT2D eigenvalue weighted by Gasteiger charge is -2.21. The molecule has 1 N–H and O–H groups in total. The lowest BCUT2D eigenvalue weighted by atomic mass is 10.2. The molecule has 134 valence electrons. The number of carbonyl (C=O) groups excluding carboxylic acids is 1. The molecule has 0 atom stereocenters. The van der Waals surface area contributed by atoms with Gasteiger partial charge in [-0.2, -0.15) is 0 Å². The van der Waals surface area contributed by atoms with Gasteiger partial charge >= 0.3 is 0 Å². The van der Waals surface area contributed by atoms with Crippen LogP contribution in [0.1, 0.15) is 37.2 Å². The summed E-state index contributed by atoms with van der Waals surface area (Å²) in [5, 5.41) is 10.0. The third-order valence-corrected chi connectivity index (χ3v) is 3.48. The Kier molecular flexibility index (Phi) is 6.32. The van der Waals surface area contributed by atoms with E-state index in [2.05, 4.69) is 15.5 Å². The standard InChI is InChI=1S/C17H19F3N4O/c1-3-9-24(10-4-2)14-8-7-13(22-23-14)17(25)21-12-6-5-11(18)15(19)16(12)20/h5-8H,3-4,9-10H2,1-2H3,(H,21,25). The van der Waals surface area contributed by atoms with Gasteiger partial charge in [0.25, 0.3) is 5.91 Å². The lowest BCUT2D eigenvalue weighted by Crippen LogP contribution is -2.26. The highest BCUT2D eigenvalue weighted by Gasteiger charge is 2.17. The van der Waals surface area contributed by atoms with Crippen LogP contribution in [0.25, 0.3) is 0 Å². The highest BCUT2D eigenvalue weighted by molar-refractivity contribution is 6.02. The van der Waals surface area contributed by atoms with E-state index >= 15 is 0 Å². The van der Waals surface area contributed by atoms with Gasteiger partial charge in [-0.05, 0) is 37.1 Å². The van der Waals surface area contributed by atoms with Crippen molar-refractivity contribution in [3.63, 3.8) is 0 Å². The number of hydrogen-bond acceptors (Lipinski definition) is 4. The minimum absolute atomic E-state index is 0.0548. The normalized spacial score (nSPS) is 10.6. The summed E-state index contributed by atoms with van der Waals surface area (Å²) in [4.78, 5) is 14.1. The summed E-state index contributed by atoms with van der Waals surface area (Å²) in [6.07, 6.45) is 1.89. The van der Waals surface area contributed by atoms with Gasteiger partial charge in [-0.3, -0.25) is 4.79 Å². The van der Waals surface area contributed by atoms with Crippen molar-refractivity contribution < 1.29 is 18.0 Å². The topological polar surface area (TPSA) is 58.1 Å². The van der Waals surface area contributed by atoms with E-state index in [9.17, 15) is 18.0 Å². The Balaban J connectivity index is 2.14. The van der Waals surface area contributed by atoms with E-state index in [-0.39, 0.29) is 5.69 Å². The molecule has 5 nitrogen and oxygen atoms in total. The monoisotopic (exact) mass is 352 g/mol. The van der Waals surface area contributed by atoms with Gasteiger partial charge in [0, 0.05) is 13.1 Å². The maximum absolute atomic E-state index is 13.6. The number of carbonyl (C=O) groups is 1. The molecule has 1 heterocycles. The Morgan fingerprint density at radius 1 is 1.00 bits per heavy atom. The first-order valence-electron chi connectivity index (χ1n) is 8.01. The molecule has 0 aliphatic rings. The molecule has 1 aromatic heterocycles. The summed E-state index contributed by atoms with van der Waals surface area (Å²) >= 11 is 0. The molecule has 0 bridgehead atoms. The Hall–Kier alpha value is -2.64. The number of anilines is 2. The first-order chi connectivity index (χ1) is 12.0. The second kappa shape index (κ2) is 8.46. The molecular formula is C17H19F3N4O. The molecule has 2 rings (SSSR count). The average molecular weight is 352 g/mol. The first kappa shape index (κ1) is 18.7. The van der Waals surface area contributed by atoms with Gasteiger partial charge in [-0.25, -0.2) is 13.2 Å². The van der Waals surface area contributed by atoms with E-state index in [1.54, 1.807) is 6.07 Å². The van der Waals surface area contributed by atoms with Crippen molar-refractivity contribution in [2.24, 2.45) is 0 Å². The summed E-state index contributed by atoms with van der Waals surface area (Å²) in [5.41, 5.74) is -0.519. The number of aromatic nitrogens is 2. The van der Waals surface area contributed by atoms with Crippen LogP contribution in [0.2, 0.25) is 0 Å². The van der Waals surface area contributed by atoms with Crippen LogP contribution in [0.3, 0.4) is 0 Å². The van der Waals surface area contributed by atoms with E-state index < -0.39 is 29.0 Å². The number of halogens is 3. The van der Waals surface area contributed by atoms with Crippen molar-refractivity contribution in [1.82, 2.24) is 10.2 Å². The number of benzene rings is 1. The molecule has 8 heteroatoms. The smallest absolute Gasteiger partial charge is 0.276 e. The highest BCUT2D eigenvalue weighted by atomic mass is 19.2. The molecule has 1 amide bonds. The molecule has 0 spiro atoms. The van der Waals surface area contributed by atoms with Crippen LogP contribution in [-0.2, 0) is 0 Å². The van der Waals surface area contributed by atoms with E-state index in [1.165, 1.54) is 6.07 Å². The maximum atomic E-state index is 13.6. The second-order valence-electron chi connectivity index (χ2n) is 5.44. The molecule has 2 aromatic rings. The predicted octanol–water partition coefficient (Wildman–Crippen LogP) is 3.77. The Morgan fingerprint density at radius 2 is 1.68 bits per heavy atom. The van der Waals surface area contributed by atoms with E-state index in [0.717, 1.165) is 38.1 Å². The van der Waals surface area contributed by atoms with Crippen molar-refractivity contribution in [3.05, 3.63) is 47.4 Å². The van der Waals surface area contributed by atoms with Crippen LogP contribution in [0.5, 0.6) is 0 Å². The summed E-state index contributed by atoms with van der Waals surface area (Å²) in [6.45, 7) is 5.73. The van der Waals surface area contributed by atoms with Gasteiger partial charge in [0.2, 0.25) is 0 Å². The third kappa shape index (κ3) is 4.46. The van der Waals surface area contributed by atoms with Crippen molar-refractivity contribution in [3.8, 4) is 0 Å². The van der Waals surface area contributed by atoms with E-state index in [0.29, 0.717) is 5.82 Å². The van der Waals surface area contributed by atoms with Crippen LogP contribution in [0.15, 0.2) is 24.3 Å². The van der Waals surface area contributed by atoms with Crippen molar-refractivity contribution >= 4 is 17.4 Å². The highest BCUT2D eigenvalue weighted by Crippen LogP contribution is 2.20. The minimum Gasteiger partial charge on any atom is -0.355 e. The van der Waals surface area contributed by atoms with E-state index in [4.69, 9.17) is 0 Å². The number of nitrogens with one attached hydrogen (secondary N) is 1. The van der Waals surface area contributed by atoms with Crippen LogP contribution in [-0.4, -0.2) is 29.2 Å². The van der Waals surface area contributed by atoms with Gasteiger partial charge in [0.05, 0.1) is 5.69 Å². The molecule has 0 unspecified atom stereocenters. The molecule has 25 heavy (non-hydrogen) atoms. The van der Waals surface area contributed by atoms with Crippen LogP contribution in [0, 0.1) is 17.5 Å². The van der Waals surface area contributed by atoms with Gasteiger partial charge in [-0.1, -0.05) is 13.8 Å². The zero-order chi connectivity index (χ0) is 18.4. The van der Waals surface area contributed by atoms with Crippen molar-refractivity contribution in [2.75, 3.05) is 23.3 Å². The molecule has 0 aliphatic heterocycles. The zero-order valence-corrected chi connectivity index (χ0v) is 14.0. The van der Waals surface area contributed by atoms with Gasteiger partial charge in [0.1, 0.15) is 0 Å². The molecule has 0 saturated carbocycles. The molecule has 0 aliphatic carbocycles. The lowest BCUT2D eigenvalue weighted by molar-refractivity contribution is 0.102. The fourth-order valence-corrected chi connectivity index (χ4v) is 2.30. The van der Waals surface area contributed by atoms with E-state index in [1.807, 2.05) is 18.7 Å². The van der Waals surface area contributed by atoms with Crippen molar-refractivity contribution in [2.45, 2.75) is 26.7 Å². The van der Waals surface area contributed by atoms with Crippen molar-refractivity contribution in [1.29, 1.82) is 0 Å². The fraction of sp³-hybridized carbons (Fsp3) is 0.353. The quantitative estimate of drug-likeness (QED) is 0.771. The molecule has 0 fully saturated rings. The summed E-state index contributed by atoms with van der Waals surface area (Å²) in [6, 6.07) is 4.77. The Morgan fingerprint density at radius 3 is 2.24 bits per heavy atom. The van der Waals surface area contributed by atoms with Crippen LogP contribution in [0.4, 0.5) is 24.7 Å². The minimum atomic E-state index is -1.64. The average Bonchev–Trinajstić information content (AvgIpc) is 2.62. The predicted molar refractivity (Wildman–Crippen MR) is 89.1 cm³/mol. The molecule has 0 radical (unpaired) electrons. The molecule has 1 aromatic carbocycles. The van der Waals surface area contributed by atoms with Gasteiger partial charge in [0.15, 0.2) is 29.0 Å². The number of rotatable bonds is 7. The SMILES string of the molecule is CCCN(CCC)c1ccc(C(=O)Nc2ccc(F)c(F)c2F)nn1. The fourth-order valence-electron chi connectivity index (χ4n) is 2.30. The largest absolute Gasteiger partial charge is 0.355 e. The molecule has 0 saturated heterocycles. The Labute approximate surface area is 143 Å². The van der Waals surface area contributed by atoms with Gasteiger partial charge < -0.3 is 10.2 Å². The Bertz CT molecular complexity index is 731.